The largest absolute Gasteiger partial charge is 0.502 e. The van der Waals surface area contributed by atoms with Crippen molar-refractivity contribution >= 4 is 0 Å². The summed E-state index contributed by atoms with van der Waals surface area (Å²) in [4.78, 5) is 11.8. The lowest BCUT2D eigenvalue weighted by molar-refractivity contribution is 0.124. The zero-order valence-corrected chi connectivity index (χ0v) is 13.5. The molecule has 4 nitrogen and oxygen atoms in total. The van der Waals surface area contributed by atoms with E-state index in [1.807, 2.05) is 0 Å². The second-order valence-electron chi connectivity index (χ2n) is 6.38. The molecule has 0 saturated carbocycles. The molecule has 0 fully saturated rings. The number of rotatable bonds is 10. The molecular weight excluding hydrogens is 268 g/mol. The smallest absolute Gasteiger partial charge is 0.229 e. The highest BCUT2D eigenvalue weighted by atomic mass is 16.5. The highest BCUT2D eigenvalue weighted by Gasteiger charge is 2.20. The highest BCUT2D eigenvalue weighted by Crippen LogP contribution is 2.27. The van der Waals surface area contributed by atoms with E-state index in [0.29, 0.717) is 12.0 Å². The molecule has 0 aliphatic rings. The maximum atomic E-state index is 11.8. The quantitative estimate of drug-likeness (QED) is 0.665. The van der Waals surface area contributed by atoms with Crippen LogP contribution in [0.15, 0.2) is 21.7 Å². The van der Waals surface area contributed by atoms with Gasteiger partial charge in [0, 0.05) is 18.8 Å². The average molecular weight is 296 g/mol. The molecular formula is C17H28O4. The topological polar surface area (TPSA) is 59.7 Å². The van der Waals surface area contributed by atoms with E-state index in [2.05, 4.69) is 20.8 Å². The van der Waals surface area contributed by atoms with Crippen LogP contribution in [-0.2, 0) is 11.2 Å². The molecule has 0 spiro atoms. The molecule has 120 valence electrons. The van der Waals surface area contributed by atoms with Crippen LogP contribution in [0.4, 0.5) is 0 Å². The molecule has 0 unspecified atom stereocenters. The first-order valence-corrected chi connectivity index (χ1v) is 7.82. The lowest BCUT2D eigenvalue weighted by atomic mass is 9.81. The summed E-state index contributed by atoms with van der Waals surface area (Å²) in [5.74, 6) is -0.312. The van der Waals surface area contributed by atoms with Crippen LogP contribution in [0.1, 0.15) is 58.4 Å². The van der Waals surface area contributed by atoms with E-state index in [1.165, 1.54) is 12.7 Å². The van der Waals surface area contributed by atoms with Gasteiger partial charge in [-0.15, -0.1) is 0 Å². The van der Waals surface area contributed by atoms with E-state index in [0.717, 1.165) is 45.2 Å². The minimum atomic E-state index is -0.322. The number of aromatic hydroxyl groups is 1. The Morgan fingerprint density at radius 2 is 1.90 bits per heavy atom. The first kappa shape index (κ1) is 17.8. The van der Waals surface area contributed by atoms with Crippen LogP contribution in [0.5, 0.6) is 5.75 Å². The van der Waals surface area contributed by atoms with Gasteiger partial charge in [-0.2, -0.15) is 0 Å². The van der Waals surface area contributed by atoms with Gasteiger partial charge >= 0.3 is 0 Å². The minimum absolute atomic E-state index is 0.00585. The summed E-state index contributed by atoms with van der Waals surface area (Å²) in [5, 5.41) is 9.39. The number of hydrogen-bond acceptors (Lipinski definition) is 4. The zero-order valence-electron chi connectivity index (χ0n) is 13.5. The van der Waals surface area contributed by atoms with Crippen molar-refractivity contribution in [2.75, 3.05) is 13.2 Å². The van der Waals surface area contributed by atoms with Crippen LogP contribution in [0.3, 0.4) is 0 Å². The maximum Gasteiger partial charge on any atom is 0.229 e. The summed E-state index contributed by atoms with van der Waals surface area (Å²) in [6.07, 6.45) is 8.55. The Hall–Kier alpha value is -1.29. The predicted molar refractivity (Wildman–Crippen MR) is 83.7 cm³/mol. The lowest BCUT2D eigenvalue weighted by Gasteiger charge is -2.24. The van der Waals surface area contributed by atoms with E-state index in [4.69, 9.17) is 9.15 Å². The molecule has 4 heteroatoms. The Morgan fingerprint density at radius 3 is 2.62 bits per heavy atom. The van der Waals surface area contributed by atoms with Gasteiger partial charge in [0.1, 0.15) is 6.26 Å². The Kier molecular flexibility index (Phi) is 7.51. The molecule has 1 aromatic heterocycles. The average Bonchev–Trinajstić information content (AvgIpc) is 2.43. The van der Waals surface area contributed by atoms with Crippen molar-refractivity contribution in [1.82, 2.24) is 0 Å². The molecule has 1 heterocycles. The molecule has 0 bridgehead atoms. The highest BCUT2D eigenvalue weighted by molar-refractivity contribution is 5.21. The van der Waals surface area contributed by atoms with Gasteiger partial charge in [-0.1, -0.05) is 33.6 Å². The number of ether oxygens (including phenoxy) is 1. The van der Waals surface area contributed by atoms with Crippen LogP contribution in [-0.4, -0.2) is 18.3 Å². The van der Waals surface area contributed by atoms with E-state index in [-0.39, 0.29) is 16.6 Å². The van der Waals surface area contributed by atoms with Gasteiger partial charge in [0.15, 0.2) is 5.75 Å². The fourth-order valence-corrected chi connectivity index (χ4v) is 2.33. The third-order valence-electron chi connectivity index (χ3n) is 3.62. The molecule has 0 aliphatic heterocycles. The minimum Gasteiger partial charge on any atom is -0.502 e. The molecule has 1 aromatic rings. The van der Waals surface area contributed by atoms with Gasteiger partial charge in [0.05, 0.1) is 6.26 Å². The fourth-order valence-electron chi connectivity index (χ4n) is 2.33. The fraction of sp³-hybridized carbons (Fsp3) is 0.706. The van der Waals surface area contributed by atoms with Gasteiger partial charge in [-0.3, -0.25) is 4.79 Å². The molecule has 0 radical (unpaired) electrons. The molecule has 1 rings (SSSR count). The Labute approximate surface area is 127 Å². The van der Waals surface area contributed by atoms with Crippen LogP contribution >= 0.6 is 0 Å². The van der Waals surface area contributed by atoms with Crippen molar-refractivity contribution in [3.05, 3.63) is 28.3 Å². The normalized spacial score (nSPS) is 11.8. The van der Waals surface area contributed by atoms with Crippen LogP contribution in [0.25, 0.3) is 0 Å². The monoisotopic (exact) mass is 296 g/mol. The van der Waals surface area contributed by atoms with Crippen molar-refractivity contribution in [2.24, 2.45) is 5.41 Å². The summed E-state index contributed by atoms with van der Waals surface area (Å²) in [7, 11) is 0. The maximum absolute atomic E-state index is 11.8. The van der Waals surface area contributed by atoms with Crippen molar-refractivity contribution in [1.29, 1.82) is 0 Å². The first-order chi connectivity index (χ1) is 9.96. The van der Waals surface area contributed by atoms with Gasteiger partial charge in [-0.05, 0) is 31.1 Å². The Bertz CT molecular complexity index is 462. The van der Waals surface area contributed by atoms with Crippen LogP contribution in [0, 0.1) is 5.41 Å². The van der Waals surface area contributed by atoms with Gasteiger partial charge < -0.3 is 14.3 Å². The Morgan fingerprint density at radius 1 is 1.19 bits per heavy atom. The molecule has 1 N–H and O–H groups in total. The van der Waals surface area contributed by atoms with Crippen molar-refractivity contribution in [3.63, 3.8) is 0 Å². The molecule has 0 saturated heterocycles. The molecule has 0 atom stereocenters. The SMILES string of the molecule is CCCCOCCCCC(C)(C)Cc1cocc(O)c1=O. The lowest BCUT2D eigenvalue weighted by Crippen LogP contribution is -2.20. The third-order valence-corrected chi connectivity index (χ3v) is 3.62. The summed E-state index contributed by atoms with van der Waals surface area (Å²) in [6, 6.07) is 0. The molecule has 0 aromatic carbocycles. The van der Waals surface area contributed by atoms with Crippen molar-refractivity contribution < 1.29 is 14.3 Å². The van der Waals surface area contributed by atoms with E-state index >= 15 is 0 Å². The summed E-state index contributed by atoms with van der Waals surface area (Å²) >= 11 is 0. The molecule has 0 aliphatic carbocycles. The van der Waals surface area contributed by atoms with Crippen molar-refractivity contribution in [3.8, 4) is 5.75 Å². The van der Waals surface area contributed by atoms with Gasteiger partial charge in [0.25, 0.3) is 0 Å². The number of unbranched alkanes of at least 4 members (excludes halogenated alkanes) is 2. The van der Waals surface area contributed by atoms with E-state index in [9.17, 15) is 9.90 Å². The first-order valence-electron chi connectivity index (χ1n) is 7.82. The predicted octanol–water partition coefficient (Wildman–Crippen LogP) is 3.90. The third kappa shape index (κ3) is 6.80. The zero-order chi connectivity index (χ0) is 15.7. The standard InChI is InChI=1S/C17H28O4/c1-4-5-9-20-10-7-6-8-17(2,3)11-14-12-21-13-15(18)16(14)19/h12-13,18H,4-11H2,1-3H3. The second-order valence-corrected chi connectivity index (χ2v) is 6.38. The van der Waals surface area contributed by atoms with Crippen LogP contribution in [0.2, 0.25) is 0 Å². The van der Waals surface area contributed by atoms with Gasteiger partial charge in [-0.25, -0.2) is 0 Å². The summed E-state index contributed by atoms with van der Waals surface area (Å²) < 4.78 is 10.5. The summed E-state index contributed by atoms with van der Waals surface area (Å²) in [5.41, 5.74) is 0.225. The second kappa shape index (κ2) is 8.88. The van der Waals surface area contributed by atoms with Crippen LogP contribution < -0.4 is 5.43 Å². The molecule has 0 amide bonds. The number of hydrogen-bond donors (Lipinski definition) is 1. The molecule has 21 heavy (non-hydrogen) atoms. The summed E-state index contributed by atoms with van der Waals surface area (Å²) in [6.45, 7) is 8.08. The van der Waals surface area contributed by atoms with E-state index < -0.39 is 0 Å². The van der Waals surface area contributed by atoms with Crippen molar-refractivity contribution in [2.45, 2.75) is 59.3 Å². The Balaban J connectivity index is 2.33. The van der Waals surface area contributed by atoms with E-state index in [1.54, 1.807) is 0 Å². The van der Waals surface area contributed by atoms with Gasteiger partial charge in [0.2, 0.25) is 5.43 Å².